The van der Waals surface area contributed by atoms with Gasteiger partial charge in [0.15, 0.2) is 6.29 Å². The van der Waals surface area contributed by atoms with Crippen LogP contribution in [0, 0.1) is 11.3 Å². The van der Waals surface area contributed by atoms with Gasteiger partial charge in [-0.2, -0.15) is 0 Å². The smallest absolute Gasteiger partial charge is 0.351 e. The topological polar surface area (TPSA) is 27.7 Å². The molecule has 3 nitrogen and oxygen atoms in total. The van der Waals surface area contributed by atoms with Crippen molar-refractivity contribution in [2.75, 3.05) is 6.61 Å². The van der Waals surface area contributed by atoms with Crippen LogP contribution >= 0.6 is 22.6 Å². The SMILES string of the molecule is CC(C)=C1CC[C@]23CO[Si](C(C)(C)C)(C(C)(C)C)O[C@H]2O[C@@H](C/C(C)=C/I)[C@H]13. The van der Waals surface area contributed by atoms with Gasteiger partial charge >= 0.3 is 8.56 Å². The molecule has 3 rings (SSSR count). The maximum atomic E-state index is 7.06. The second kappa shape index (κ2) is 7.47. The highest BCUT2D eigenvalue weighted by Crippen LogP contribution is 2.65. The number of hydrogen-bond donors (Lipinski definition) is 0. The van der Waals surface area contributed by atoms with Crippen LogP contribution in [0.5, 0.6) is 0 Å². The van der Waals surface area contributed by atoms with E-state index in [9.17, 15) is 0 Å². The van der Waals surface area contributed by atoms with Crippen LogP contribution in [0.4, 0.5) is 0 Å². The first kappa shape index (κ1) is 23.0. The molecule has 3 aliphatic rings. The van der Waals surface area contributed by atoms with Crippen molar-refractivity contribution < 1.29 is 13.6 Å². The highest BCUT2D eigenvalue weighted by atomic mass is 127. The van der Waals surface area contributed by atoms with E-state index in [2.05, 4.69) is 89.0 Å². The molecular weight excluding hydrogens is 479 g/mol. The van der Waals surface area contributed by atoms with E-state index in [4.69, 9.17) is 13.6 Å². The summed E-state index contributed by atoms with van der Waals surface area (Å²) in [5.74, 6) is 0.417. The monoisotopic (exact) mass is 518 g/mol. The summed E-state index contributed by atoms with van der Waals surface area (Å²) in [7, 11) is -2.52. The van der Waals surface area contributed by atoms with E-state index in [0.29, 0.717) is 5.92 Å². The predicted molar refractivity (Wildman–Crippen MR) is 127 cm³/mol. The molecule has 0 bridgehead atoms. The molecule has 0 amide bonds. The Morgan fingerprint density at radius 1 is 1.14 bits per heavy atom. The van der Waals surface area contributed by atoms with Crippen molar-refractivity contribution >= 4 is 31.2 Å². The Morgan fingerprint density at radius 2 is 1.75 bits per heavy atom. The Bertz CT molecular complexity index is 667. The molecule has 2 saturated heterocycles. The van der Waals surface area contributed by atoms with Crippen molar-refractivity contribution in [3.63, 3.8) is 0 Å². The summed E-state index contributed by atoms with van der Waals surface area (Å²) in [4.78, 5) is 0. The Morgan fingerprint density at radius 3 is 2.25 bits per heavy atom. The van der Waals surface area contributed by atoms with E-state index in [-0.39, 0.29) is 27.9 Å². The van der Waals surface area contributed by atoms with E-state index < -0.39 is 8.56 Å². The van der Waals surface area contributed by atoms with Gasteiger partial charge in [0, 0.05) is 22.6 Å². The van der Waals surface area contributed by atoms with Gasteiger partial charge in [-0.3, -0.25) is 0 Å². The van der Waals surface area contributed by atoms with Gasteiger partial charge in [0.05, 0.1) is 11.5 Å². The molecule has 2 aliphatic heterocycles. The standard InChI is InChI=1S/C23H39IO3Si/c1-15(2)17-10-11-23-14-25-28(21(4,5)6,22(7,8)9)27-20(23)26-18(19(17)23)12-16(3)13-24/h13,18-20H,10-12,14H2,1-9H3/b16-13+/t18-,19-,20+,23+/m0/s1. The number of ether oxygens (including phenoxy) is 1. The van der Waals surface area contributed by atoms with Crippen molar-refractivity contribution in [3.05, 3.63) is 20.8 Å². The fourth-order valence-corrected chi connectivity index (χ4v) is 11.3. The largest absolute Gasteiger partial charge is 0.393 e. The second-order valence-corrected chi connectivity index (χ2v) is 16.8. The lowest BCUT2D eigenvalue weighted by atomic mass is 9.74. The average Bonchev–Trinajstić information content (AvgIpc) is 3.06. The summed E-state index contributed by atoms with van der Waals surface area (Å²) in [6, 6.07) is 0. The first-order valence-corrected chi connectivity index (χ1v) is 13.7. The van der Waals surface area contributed by atoms with Crippen LogP contribution in [-0.2, 0) is 13.6 Å². The van der Waals surface area contributed by atoms with E-state index in [0.717, 1.165) is 25.9 Å². The summed E-state index contributed by atoms with van der Waals surface area (Å²) >= 11 is 2.35. The predicted octanol–water partition coefficient (Wildman–Crippen LogP) is 7.26. The Labute approximate surface area is 187 Å². The molecule has 0 radical (unpaired) electrons. The van der Waals surface area contributed by atoms with Crippen molar-refractivity contribution in [3.8, 4) is 0 Å². The molecule has 1 spiro atoms. The Balaban J connectivity index is 2.04. The van der Waals surface area contributed by atoms with Crippen molar-refractivity contribution in [2.45, 2.75) is 104 Å². The maximum absolute atomic E-state index is 7.06. The van der Waals surface area contributed by atoms with Gasteiger partial charge in [-0.1, -0.05) is 80.9 Å². The Hall–Kier alpha value is 0.307. The minimum absolute atomic E-state index is 0.0141. The molecule has 5 heteroatoms. The quantitative estimate of drug-likeness (QED) is 0.219. The van der Waals surface area contributed by atoms with Gasteiger partial charge in [-0.15, -0.1) is 0 Å². The van der Waals surface area contributed by atoms with Gasteiger partial charge in [-0.25, -0.2) is 0 Å². The van der Waals surface area contributed by atoms with Gasteiger partial charge in [-0.05, 0) is 44.1 Å². The van der Waals surface area contributed by atoms with E-state index in [1.54, 1.807) is 5.57 Å². The second-order valence-electron chi connectivity index (χ2n) is 11.4. The van der Waals surface area contributed by atoms with E-state index in [1.165, 1.54) is 11.1 Å². The lowest BCUT2D eigenvalue weighted by molar-refractivity contribution is -0.180. The number of rotatable bonds is 2. The molecule has 4 atom stereocenters. The fraction of sp³-hybridized carbons (Fsp3) is 0.826. The lowest BCUT2D eigenvalue weighted by Gasteiger charge is -2.56. The number of hydrogen-bond acceptors (Lipinski definition) is 3. The molecule has 1 aliphatic carbocycles. The van der Waals surface area contributed by atoms with Crippen molar-refractivity contribution in [1.82, 2.24) is 0 Å². The van der Waals surface area contributed by atoms with Crippen LogP contribution in [0.25, 0.3) is 0 Å². The zero-order valence-electron chi connectivity index (χ0n) is 19.2. The summed E-state index contributed by atoms with van der Waals surface area (Å²) in [6.07, 6.45) is 3.30. The minimum atomic E-state index is -2.52. The lowest BCUT2D eigenvalue weighted by Crippen LogP contribution is -2.65. The van der Waals surface area contributed by atoms with Gasteiger partial charge < -0.3 is 13.6 Å². The molecule has 0 N–H and O–H groups in total. The summed E-state index contributed by atoms with van der Waals surface area (Å²) in [5.41, 5.74) is 4.40. The normalized spacial score (nSPS) is 35.7. The van der Waals surface area contributed by atoms with Crippen LogP contribution in [0.15, 0.2) is 20.8 Å². The third kappa shape index (κ3) is 3.41. The maximum Gasteiger partial charge on any atom is 0.351 e. The number of halogens is 1. The molecule has 160 valence electrons. The molecule has 0 aromatic rings. The minimum Gasteiger partial charge on any atom is -0.393 e. The summed E-state index contributed by atoms with van der Waals surface area (Å²) in [5, 5.41) is -0.0282. The fourth-order valence-electron chi connectivity index (χ4n) is 6.05. The third-order valence-corrected chi connectivity index (χ3v) is 13.2. The summed E-state index contributed by atoms with van der Waals surface area (Å²) < 4.78 is 22.9. The highest BCUT2D eigenvalue weighted by molar-refractivity contribution is 14.1. The molecule has 3 fully saturated rings. The van der Waals surface area contributed by atoms with Crippen LogP contribution in [-0.4, -0.2) is 27.6 Å². The van der Waals surface area contributed by atoms with Crippen molar-refractivity contribution in [1.29, 1.82) is 0 Å². The molecule has 2 heterocycles. The van der Waals surface area contributed by atoms with Crippen LogP contribution in [0.2, 0.25) is 10.1 Å². The summed E-state index contributed by atoms with van der Waals surface area (Å²) in [6.45, 7) is 21.2. The first-order chi connectivity index (χ1) is 12.8. The van der Waals surface area contributed by atoms with Gasteiger partial charge in [0.1, 0.15) is 0 Å². The van der Waals surface area contributed by atoms with Gasteiger partial charge in [0.25, 0.3) is 0 Å². The zero-order valence-corrected chi connectivity index (χ0v) is 22.4. The number of allylic oxidation sites excluding steroid dienone is 1. The van der Waals surface area contributed by atoms with Crippen LogP contribution < -0.4 is 0 Å². The first-order valence-electron chi connectivity index (χ1n) is 10.7. The molecule has 28 heavy (non-hydrogen) atoms. The molecule has 0 aromatic heterocycles. The van der Waals surface area contributed by atoms with Gasteiger partial charge in [0.2, 0.25) is 0 Å². The third-order valence-electron chi connectivity index (χ3n) is 7.14. The Kier molecular flexibility index (Phi) is 6.13. The molecule has 0 aromatic carbocycles. The van der Waals surface area contributed by atoms with E-state index in [1.807, 2.05) is 0 Å². The van der Waals surface area contributed by atoms with E-state index >= 15 is 0 Å². The highest BCUT2D eigenvalue weighted by Gasteiger charge is 2.70. The molecular formula is C23H39IO3Si. The zero-order chi connectivity index (χ0) is 21.1. The van der Waals surface area contributed by atoms with Crippen LogP contribution in [0.1, 0.15) is 81.6 Å². The molecule has 0 unspecified atom stereocenters. The molecule has 1 saturated carbocycles. The van der Waals surface area contributed by atoms with Crippen LogP contribution in [0.3, 0.4) is 0 Å². The van der Waals surface area contributed by atoms with Crippen molar-refractivity contribution in [2.24, 2.45) is 11.3 Å². The average molecular weight is 519 g/mol.